The summed E-state index contributed by atoms with van der Waals surface area (Å²) in [5, 5.41) is 3.00. The van der Waals surface area contributed by atoms with E-state index >= 15 is 0 Å². The molecule has 0 aliphatic carbocycles. The molecule has 32 heavy (non-hydrogen) atoms. The van der Waals surface area contributed by atoms with Crippen molar-refractivity contribution in [2.45, 2.75) is 6.04 Å². The first kappa shape index (κ1) is 22.0. The van der Waals surface area contributed by atoms with E-state index in [1.807, 2.05) is 36.4 Å². The Kier molecular flexibility index (Phi) is 7.85. The minimum Gasteiger partial charge on any atom is -0.351 e. The lowest BCUT2D eigenvalue weighted by Crippen LogP contribution is -2.49. The van der Waals surface area contributed by atoms with Gasteiger partial charge in [0.25, 0.3) is 0 Å². The Bertz CT molecular complexity index is 941. The van der Waals surface area contributed by atoms with Crippen molar-refractivity contribution >= 4 is 12.0 Å². The van der Waals surface area contributed by atoms with Crippen LogP contribution in [0.5, 0.6) is 0 Å². The average Bonchev–Trinajstić information content (AvgIpc) is 2.86. The molecule has 0 bridgehead atoms. The fraction of sp³-hybridized carbons (Fsp3) is 0.250. The Morgan fingerprint density at radius 2 is 1.31 bits per heavy atom. The van der Waals surface area contributed by atoms with Crippen molar-refractivity contribution in [3.05, 3.63) is 114 Å². The highest BCUT2D eigenvalue weighted by atomic mass is 16.1. The van der Waals surface area contributed by atoms with Crippen LogP contribution in [0.25, 0.3) is 6.08 Å². The number of nitrogens with zero attached hydrogens (tertiary/aromatic N) is 2. The topological polar surface area (TPSA) is 35.6 Å². The fourth-order valence-corrected chi connectivity index (χ4v) is 4.26. The Morgan fingerprint density at radius 3 is 1.88 bits per heavy atom. The molecule has 1 saturated heterocycles. The molecule has 4 rings (SSSR count). The number of carbonyl (C=O) groups is 1. The van der Waals surface area contributed by atoms with Gasteiger partial charge in [0, 0.05) is 45.3 Å². The second kappa shape index (κ2) is 11.4. The van der Waals surface area contributed by atoms with E-state index in [0.29, 0.717) is 6.54 Å². The Hall–Kier alpha value is -3.21. The first-order valence-electron chi connectivity index (χ1n) is 11.4. The highest BCUT2D eigenvalue weighted by Gasteiger charge is 2.26. The molecule has 1 heterocycles. The average molecular weight is 426 g/mol. The zero-order valence-corrected chi connectivity index (χ0v) is 18.4. The van der Waals surface area contributed by atoms with E-state index in [4.69, 9.17) is 0 Å². The number of nitrogens with one attached hydrogen (secondary N) is 1. The van der Waals surface area contributed by atoms with Gasteiger partial charge in [-0.1, -0.05) is 91.0 Å². The molecular formula is C28H31N3O. The van der Waals surface area contributed by atoms with Crippen molar-refractivity contribution in [3.63, 3.8) is 0 Å². The van der Waals surface area contributed by atoms with E-state index in [2.05, 4.69) is 75.8 Å². The molecule has 4 heteroatoms. The zero-order chi connectivity index (χ0) is 22.0. The van der Waals surface area contributed by atoms with Gasteiger partial charge < -0.3 is 5.32 Å². The summed E-state index contributed by atoms with van der Waals surface area (Å²) in [4.78, 5) is 17.1. The predicted molar refractivity (Wildman–Crippen MR) is 131 cm³/mol. The Morgan fingerprint density at radius 1 is 0.781 bits per heavy atom. The third-order valence-electron chi connectivity index (χ3n) is 5.96. The minimum atomic E-state index is -0.0410. The van der Waals surface area contributed by atoms with Crippen LogP contribution < -0.4 is 5.32 Å². The van der Waals surface area contributed by atoms with Gasteiger partial charge in [0.05, 0.1) is 6.04 Å². The zero-order valence-electron chi connectivity index (χ0n) is 18.4. The molecule has 3 aromatic carbocycles. The van der Waals surface area contributed by atoms with Crippen LogP contribution in [-0.4, -0.2) is 55.0 Å². The lowest BCUT2D eigenvalue weighted by Gasteiger charge is -2.39. The van der Waals surface area contributed by atoms with Gasteiger partial charge in [-0.3, -0.25) is 14.6 Å². The van der Waals surface area contributed by atoms with Gasteiger partial charge in [-0.25, -0.2) is 0 Å². The molecule has 1 amide bonds. The predicted octanol–water partition coefficient (Wildman–Crippen LogP) is 4.22. The molecular weight excluding hydrogens is 394 g/mol. The monoisotopic (exact) mass is 425 g/mol. The summed E-state index contributed by atoms with van der Waals surface area (Å²) in [6, 6.07) is 31.7. The maximum Gasteiger partial charge on any atom is 0.244 e. The molecule has 0 spiro atoms. The van der Waals surface area contributed by atoms with Crippen molar-refractivity contribution in [1.82, 2.24) is 15.1 Å². The van der Waals surface area contributed by atoms with Crippen LogP contribution in [0, 0.1) is 0 Å². The van der Waals surface area contributed by atoms with E-state index in [1.165, 1.54) is 11.1 Å². The first-order chi connectivity index (χ1) is 15.8. The molecule has 3 aromatic rings. The Labute approximate surface area is 191 Å². The van der Waals surface area contributed by atoms with Gasteiger partial charge in [-0.15, -0.1) is 0 Å². The number of hydrogen-bond donors (Lipinski definition) is 1. The van der Waals surface area contributed by atoms with Crippen molar-refractivity contribution in [2.24, 2.45) is 0 Å². The summed E-state index contributed by atoms with van der Waals surface area (Å²) in [5.41, 5.74) is 3.71. The lowest BCUT2D eigenvalue weighted by molar-refractivity contribution is -0.116. The summed E-state index contributed by atoms with van der Waals surface area (Å²) in [5.74, 6) is -0.0410. The number of piperazine rings is 1. The van der Waals surface area contributed by atoms with Gasteiger partial charge in [0.2, 0.25) is 5.91 Å². The SMILES string of the molecule is O=C(/C=C/c1ccccc1)NCCN1CCN(C(c2ccccc2)c2ccccc2)CC1. The van der Waals surface area contributed by atoms with E-state index in [-0.39, 0.29) is 11.9 Å². The maximum atomic E-state index is 12.1. The lowest BCUT2D eigenvalue weighted by atomic mass is 9.96. The van der Waals surface area contributed by atoms with E-state index < -0.39 is 0 Å². The van der Waals surface area contributed by atoms with Gasteiger partial charge in [0.1, 0.15) is 0 Å². The summed E-state index contributed by atoms with van der Waals surface area (Å²) in [6.07, 6.45) is 3.46. The summed E-state index contributed by atoms with van der Waals surface area (Å²) < 4.78 is 0. The highest BCUT2D eigenvalue weighted by Crippen LogP contribution is 2.29. The number of amides is 1. The van der Waals surface area contributed by atoms with Crippen LogP contribution in [0.2, 0.25) is 0 Å². The van der Waals surface area contributed by atoms with Gasteiger partial charge in [-0.05, 0) is 22.8 Å². The molecule has 1 fully saturated rings. The summed E-state index contributed by atoms with van der Waals surface area (Å²) in [7, 11) is 0. The molecule has 164 valence electrons. The van der Waals surface area contributed by atoms with Crippen LogP contribution in [0.3, 0.4) is 0 Å². The highest BCUT2D eigenvalue weighted by molar-refractivity contribution is 5.91. The standard InChI is InChI=1S/C28H31N3O/c32-27(17-16-24-10-4-1-5-11-24)29-18-19-30-20-22-31(23-21-30)28(25-12-6-2-7-13-25)26-14-8-3-9-15-26/h1-17,28H,18-23H2,(H,29,32)/b17-16+. The largest absolute Gasteiger partial charge is 0.351 e. The second-order valence-corrected chi connectivity index (χ2v) is 8.14. The van der Waals surface area contributed by atoms with Crippen molar-refractivity contribution in [1.29, 1.82) is 0 Å². The molecule has 0 saturated carbocycles. The Balaban J connectivity index is 1.27. The molecule has 0 unspecified atom stereocenters. The molecule has 1 aliphatic rings. The molecule has 0 radical (unpaired) electrons. The van der Waals surface area contributed by atoms with Crippen molar-refractivity contribution in [3.8, 4) is 0 Å². The number of carbonyl (C=O) groups excluding carboxylic acids is 1. The van der Waals surface area contributed by atoms with Crippen LogP contribution in [-0.2, 0) is 4.79 Å². The van der Waals surface area contributed by atoms with Crippen molar-refractivity contribution < 1.29 is 4.79 Å². The first-order valence-corrected chi connectivity index (χ1v) is 11.4. The third kappa shape index (κ3) is 6.16. The van der Waals surface area contributed by atoms with Crippen LogP contribution in [0.15, 0.2) is 97.1 Å². The van der Waals surface area contributed by atoms with Gasteiger partial charge >= 0.3 is 0 Å². The number of hydrogen-bond acceptors (Lipinski definition) is 3. The van der Waals surface area contributed by atoms with E-state index in [0.717, 1.165) is 38.3 Å². The van der Waals surface area contributed by atoms with Gasteiger partial charge in [0.15, 0.2) is 0 Å². The van der Waals surface area contributed by atoms with Crippen LogP contribution >= 0.6 is 0 Å². The van der Waals surface area contributed by atoms with Gasteiger partial charge in [-0.2, -0.15) is 0 Å². The third-order valence-corrected chi connectivity index (χ3v) is 5.96. The maximum absolute atomic E-state index is 12.1. The molecule has 4 nitrogen and oxygen atoms in total. The fourth-order valence-electron chi connectivity index (χ4n) is 4.26. The van der Waals surface area contributed by atoms with E-state index in [1.54, 1.807) is 6.08 Å². The second-order valence-electron chi connectivity index (χ2n) is 8.14. The summed E-state index contributed by atoms with van der Waals surface area (Å²) >= 11 is 0. The van der Waals surface area contributed by atoms with Crippen molar-refractivity contribution in [2.75, 3.05) is 39.3 Å². The number of benzene rings is 3. The normalized spacial score (nSPS) is 15.3. The molecule has 1 aliphatic heterocycles. The minimum absolute atomic E-state index is 0.0410. The smallest absolute Gasteiger partial charge is 0.244 e. The molecule has 1 N–H and O–H groups in total. The quantitative estimate of drug-likeness (QED) is 0.549. The molecule has 0 aromatic heterocycles. The number of rotatable bonds is 8. The van der Waals surface area contributed by atoms with Crippen LogP contribution in [0.1, 0.15) is 22.7 Å². The van der Waals surface area contributed by atoms with E-state index in [9.17, 15) is 4.79 Å². The van der Waals surface area contributed by atoms with Crippen LogP contribution in [0.4, 0.5) is 0 Å². The summed E-state index contributed by atoms with van der Waals surface area (Å²) in [6.45, 7) is 5.57. The molecule has 0 atom stereocenters.